The summed E-state index contributed by atoms with van der Waals surface area (Å²) < 4.78 is 0. The first kappa shape index (κ1) is 28.2. The maximum Gasteiger partial charge on any atom is 2.00 e. The van der Waals surface area contributed by atoms with Gasteiger partial charge in [0.1, 0.15) is 0 Å². The fourth-order valence-electron chi connectivity index (χ4n) is 5.15. The van der Waals surface area contributed by atoms with E-state index in [9.17, 15) is 0 Å². The van der Waals surface area contributed by atoms with Crippen LogP contribution in [0, 0.1) is 41.5 Å². The Labute approximate surface area is 193 Å². The normalized spacial score (nSPS) is 11.4. The van der Waals surface area contributed by atoms with Crippen LogP contribution in [0.4, 0.5) is 0 Å². The van der Waals surface area contributed by atoms with Crippen LogP contribution in [-0.2, 0) is 17.1 Å². The molecule has 0 unspecified atom stereocenters. The predicted molar refractivity (Wildman–Crippen MR) is 129 cm³/mol. The Balaban J connectivity index is 0.000000523. The minimum absolute atomic E-state index is 0. The maximum absolute atomic E-state index is 2.30. The summed E-state index contributed by atoms with van der Waals surface area (Å²) in [4.78, 5) is 0. The van der Waals surface area contributed by atoms with Crippen LogP contribution in [0.25, 0.3) is 0 Å². The maximum atomic E-state index is 2.30. The van der Waals surface area contributed by atoms with Gasteiger partial charge in [0, 0.05) is 0 Å². The summed E-state index contributed by atoms with van der Waals surface area (Å²) >= 11 is 0. The Bertz CT molecular complexity index is 660. The van der Waals surface area contributed by atoms with E-state index in [1.54, 1.807) is 22.3 Å². The molecule has 0 aliphatic rings. The van der Waals surface area contributed by atoms with Crippen LogP contribution >= 0.6 is 0 Å². The van der Waals surface area contributed by atoms with Gasteiger partial charge in [-0.2, -0.15) is 55.6 Å². The second-order valence-electron chi connectivity index (χ2n) is 10.0. The molecule has 0 saturated heterocycles. The van der Waals surface area contributed by atoms with Gasteiger partial charge in [0.05, 0.1) is 0 Å². The molecule has 0 nitrogen and oxygen atoms in total. The first-order valence-corrected chi connectivity index (χ1v) is 11.3. The third kappa shape index (κ3) is 5.68. The average Bonchev–Trinajstić information content (AvgIpc) is 2.95. The summed E-state index contributed by atoms with van der Waals surface area (Å²) in [6.07, 6.45) is 0. The predicted octanol–water partition coefficient (Wildman–Crippen LogP) is 9.15. The van der Waals surface area contributed by atoms with E-state index in [1.807, 2.05) is 0 Å². The van der Waals surface area contributed by atoms with Crippen molar-refractivity contribution >= 4 is 0 Å². The minimum atomic E-state index is 0. The quantitative estimate of drug-likeness (QED) is 0.330. The molecule has 0 radical (unpaired) electrons. The molecule has 0 aliphatic carbocycles. The van der Waals surface area contributed by atoms with Crippen molar-refractivity contribution in [1.82, 2.24) is 0 Å². The molecule has 1 heteroatoms. The summed E-state index contributed by atoms with van der Waals surface area (Å²) in [5, 5.41) is 0. The van der Waals surface area contributed by atoms with Crippen molar-refractivity contribution in [2.75, 3.05) is 0 Å². The Morgan fingerprint density at radius 3 is 0.862 bits per heavy atom. The molecule has 29 heavy (non-hydrogen) atoms. The van der Waals surface area contributed by atoms with Crippen LogP contribution in [0.3, 0.4) is 0 Å². The van der Waals surface area contributed by atoms with E-state index in [1.165, 1.54) is 33.4 Å². The van der Waals surface area contributed by atoms with E-state index in [2.05, 4.69) is 96.9 Å². The first-order valence-electron chi connectivity index (χ1n) is 11.3. The SMILES string of the molecule is Cc1c(C(C)C)c(C(C)C)[c-](C)c1C.Cc1c(C(C)C)c(C(C)C)[c-](C)c1C.[Fe+2]. The van der Waals surface area contributed by atoms with Gasteiger partial charge in [-0.05, 0) is 11.8 Å². The Morgan fingerprint density at radius 2 is 0.724 bits per heavy atom. The first-order chi connectivity index (χ1) is 12.7. The molecule has 0 bridgehead atoms. The van der Waals surface area contributed by atoms with Gasteiger partial charge in [-0.15, -0.1) is 0 Å². The van der Waals surface area contributed by atoms with Gasteiger partial charge in [-0.25, -0.2) is 0 Å². The molecule has 0 amide bonds. The van der Waals surface area contributed by atoms with Gasteiger partial charge in [-0.3, -0.25) is 0 Å². The fourth-order valence-corrected chi connectivity index (χ4v) is 5.15. The van der Waals surface area contributed by atoms with Gasteiger partial charge < -0.3 is 0 Å². The van der Waals surface area contributed by atoms with Crippen LogP contribution in [0.2, 0.25) is 0 Å². The molecule has 2 aromatic carbocycles. The second kappa shape index (κ2) is 11.0. The summed E-state index contributed by atoms with van der Waals surface area (Å²) in [6, 6.07) is 0. The molecule has 0 saturated carbocycles. The molecule has 0 fully saturated rings. The average molecular weight is 439 g/mol. The number of rotatable bonds is 4. The van der Waals surface area contributed by atoms with Crippen molar-refractivity contribution in [2.24, 2.45) is 0 Å². The zero-order valence-corrected chi connectivity index (χ0v) is 22.8. The summed E-state index contributed by atoms with van der Waals surface area (Å²) in [6.45, 7) is 32.0. The van der Waals surface area contributed by atoms with Crippen molar-refractivity contribution in [2.45, 2.75) is 121 Å². The molecule has 166 valence electrons. The monoisotopic (exact) mass is 438 g/mol. The van der Waals surface area contributed by atoms with E-state index in [4.69, 9.17) is 0 Å². The summed E-state index contributed by atoms with van der Waals surface area (Å²) in [5.74, 6) is 2.61. The Morgan fingerprint density at radius 1 is 0.483 bits per heavy atom. The zero-order chi connectivity index (χ0) is 22.1. The molecule has 0 N–H and O–H groups in total. The van der Waals surface area contributed by atoms with E-state index in [0.29, 0.717) is 23.7 Å². The molecular weight excluding hydrogens is 392 g/mol. The van der Waals surface area contributed by atoms with Crippen molar-refractivity contribution in [3.63, 3.8) is 0 Å². The Hall–Kier alpha value is -0.781. The molecule has 0 aliphatic heterocycles. The van der Waals surface area contributed by atoms with Crippen molar-refractivity contribution in [3.05, 3.63) is 55.6 Å². The standard InChI is InChI=1S/2C14H23.Fe/c2*1-8(2)13-11(6)10(5)12(7)14(13)9(3)4;/h2*8-9H,1-7H3;/q2*-1;+2. The largest absolute Gasteiger partial charge is 2.00 e. The van der Waals surface area contributed by atoms with E-state index in [-0.39, 0.29) is 17.1 Å². The van der Waals surface area contributed by atoms with Crippen LogP contribution in [-0.4, -0.2) is 0 Å². The van der Waals surface area contributed by atoms with E-state index >= 15 is 0 Å². The molecule has 0 spiro atoms. The van der Waals surface area contributed by atoms with Crippen molar-refractivity contribution < 1.29 is 17.1 Å². The van der Waals surface area contributed by atoms with Crippen LogP contribution < -0.4 is 0 Å². The van der Waals surface area contributed by atoms with Crippen molar-refractivity contribution in [1.29, 1.82) is 0 Å². The third-order valence-corrected chi connectivity index (χ3v) is 6.76. The smallest absolute Gasteiger partial charge is 0.195 e. The van der Waals surface area contributed by atoms with Gasteiger partial charge >= 0.3 is 17.1 Å². The van der Waals surface area contributed by atoms with Crippen LogP contribution in [0.5, 0.6) is 0 Å². The van der Waals surface area contributed by atoms with E-state index in [0.717, 1.165) is 0 Å². The van der Waals surface area contributed by atoms with E-state index < -0.39 is 0 Å². The molecule has 0 heterocycles. The van der Waals surface area contributed by atoms with Gasteiger partial charge in [0.2, 0.25) is 0 Å². The Kier molecular flexibility index (Phi) is 10.7. The van der Waals surface area contributed by atoms with Crippen LogP contribution in [0.15, 0.2) is 0 Å². The molecule has 0 aromatic heterocycles. The number of hydrogen-bond acceptors (Lipinski definition) is 0. The number of hydrogen-bond donors (Lipinski definition) is 0. The second-order valence-corrected chi connectivity index (χ2v) is 10.0. The van der Waals surface area contributed by atoms with Crippen molar-refractivity contribution in [3.8, 4) is 0 Å². The van der Waals surface area contributed by atoms with Gasteiger partial charge in [0.25, 0.3) is 0 Å². The fraction of sp³-hybridized carbons (Fsp3) is 0.643. The van der Waals surface area contributed by atoms with Crippen LogP contribution in [0.1, 0.15) is 135 Å². The zero-order valence-electron chi connectivity index (χ0n) is 21.7. The molecule has 0 atom stereocenters. The summed E-state index contributed by atoms with van der Waals surface area (Å²) in [7, 11) is 0. The third-order valence-electron chi connectivity index (χ3n) is 6.76. The van der Waals surface area contributed by atoms with Gasteiger partial charge in [-0.1, -0.05) is 109 Å². The molecule has 2 aromatic rings. The molecular formula is C28H46Fe. The minimum Gasteiger partial charge on any atom is -0.195 e. The molecule has 2 rings (SSSR count). The summed E-state index contributed by atoms with van der Waals surface area (Å²) in [5.41, 5.74) is 15.4. The van der Waals surface area contributed by atoms with Gasteiger partial charge in [0.15, 0.2) is 0 Å². The topological polar surface area (TPSA) is 0 Å².